The first-order valence-corrected chi connectivity index (χ1v) is 5.67. The zero-order valence-corrected chi connectivity index (χ0v) is 10.7. The van der Waals surface area contributed by atoms with Gasteiger partial charge in [-0.25, -0.2) is 0 Å². The molecule has 0 unspecified atom stereocenters. The second kappa shape index (κ2) is 4.59. The van der Waals surface area contributed by atoms with Crippen LogP contribution in [0.5, 0.6) is 0 Å². The molecule has 0 aliphatic rings. The molecule has 0 aromatic heterocycles. The van der Waals surface area contributed by atoms with Gasteiger partial charge in [0.25, 0.3) is 0 Å². The minimum absolute atomic E-state index is 0.0974. The SMILES string of the molecule is CC(C)(CO)[C@@H](N)c1ccc(I)cc1. The van der Waals surface area contributed by atoms with E-state index in [1.54, 1.807) is 0 Å². The van der Waals surface area contributed by atoms with Crippen molar-refractivity contribution >= 4 is 22.6 Å². The van der Waals surface area contributed by atoms with E-state index in [9.17, 15) is 5.11 Å². The van der Waals surface area contributed by atoms with Gasteiger partial charge in [0.15, 0.2) is 0 Å². The Labute approximate surface area is 98.7 Å². The summed E-state index contributed by atoms with van der Waals surface area (Å²) in [7, 11) is 0. The van der Waals surface area contributed by atoms with E-state index in [0.29, 0.717) is 0 Å². The summed E-state index contributed by atoms with van der Waals surface area (Å²) < 4.78 is 1.19. The second-order valence-electron chi connectivity index (χ2n) is 4.18. The van der Waals surface area contributed by atoms with Crippen molar-refractivity contribution in [2.24, 2.45) is 11.1 Å². The Morgan fingerprint density at radius 1 is 1.36 bits per heavy atom. The first-order valence-electron chi connectivity index (χ1n) is 4.59. The summed E-state index contributed by atoms with van der Waals surface area (Å²) in [4.78, 5) is 0. The van der Waals surface area contributed by atoms with Crippen LogP contribution in [0.1, 0.15) is 25.5 Å². The average Bonchev–Trinajstić information content (AvgIpc) is 2.18. The van der Waals surface area contributed by atoms with E-state index in [4.69, 9.17) is 5.73 Å². The van der Waals surface area contributed by atoms with E-state index < -0.39 is 0 Å². The van der Waals surface area contributed by atoms with E-state index in [1.807, 2.05) is 38.1 Å². The van der Waals surface area contributed by atoms with E-state index in [0.717, 1.165) is 5.56 Å². The summed E-state index contributed by atoms with van der Waals surface area (Å²) in [5.41, 5.74) is 6.87. The van der Waals surface area contributed by atoms with Crippen LogP contribution >= 0.6 is 22.6 Å². The molecule has 0 saturated heterocycles. The van der Waals surface area contributed by atoms with Crippen LogP contribution in [0.2, 0.25) is 0 Å². The zero-order valence-electron chi connectivity index (χ0n) is 8.50. The maximum absolute atomic E-state index is 9.20. The quantitative estimate of drug-likeness (QED) is 0.842. The maximum Gasteiger partial charge on any atom is 0.0500 e. The summed E-state index contributed by atoms with van der Waals surface area (Å²) in [5, 5.41) is 9.20. The highest BCUT2D eigenvalue weighted by atomic mass is 127. The van der Waals surface area contributed by atoms with Gasteiger partial charge in [-0.05, 0) is 40.3 Å². The smallest absolute Gasteiger partial charge is 0.0500 e. The predicted octanol–water partition coefficient (Wildman–Crippen LogP) is 2.31. The number of rotatable bonds is 3. The molecule has 0 spiro atoms. The third kappa shape index (κ3) is 2.68. The van der Waals surface area contributed by atoms with Gasteiger partial charge in [-0.15, -0.1) is 0 Å². The maximum atomic E-state index is 9.20. The minimum atomic E-state index is -0.271. The molecule has 3 heteroatoms. The van der Waals surface area contributed by atoms with Crippen molar-refractivity contribution in [1.29, 1.82) is 0 Å². The lowest BCUT2D eigenvalue weighted by molar-refractivity contribution is 0.132. The largest absolute Gasteiger partial charge is 0.396 e. The van der Waals surface area contributed by atoms with Crippen LogP contribution in [0.4, 0.5) is 0 Å². The van der Waals surface area contributed by atoms with E-state index in [2.05, 4.69) is 22.6 Å². The van der Waals surface area contributed by atoms with Crippen molar-refractivity contribution in [3.05, 3.63) is 33.4 Å². The van der Waals surface area contributed by atoms with Gasteiger partial charge < -0.3 is 10.8 Å². The summed E-state index contributed by atoms with van der Waals surface area (Å²) in [5.74, 6) is 0. The molecule has 1 atom stereocenters. The lowest BCUT2D eigenvalue weighted by Gasteiger charge is -2.29. The van der Waals surface area contributed by atoms with Gasteiger partial charge in [0.1, 0.15) is 0 Å². The van der Waals surface area contributed by atoms with Gasteiger partial charge in [-0.2, -0.15) is 0 Å². The van der Waals surface area contributed by atoms with Crippen molar-refractivity contribution < 1.29 is 5.11 Å². The number of nitrogens with two attached hydrogens (primary N) is 1. The topological polar surface area (TPSA) is 46.2 Å². The van der Waals surface area contributed by atoms with Crippen molar-refractivity contribution in [2.75, 3.05) is 6.61 Å². The molecule has 0 radical (unpaired) electrons. The first kappa shape index (κ1) is 11.9. The summed E-state index contributed by atoms with van der Waals surface area (Å²) in [6.45, 7) is 4.03. The third-order valence-corrected chi connectivity index (χ3v) is 3.20. The Morgan fingerprint density at radius 2 is 1.86 bits per heavy atom. The molecule has 0 heterocycles. The Balaban J connectivity index is 2.89. The predicted molar refractivity (Wildman–Crippen MR) is 67.0 cm³/mol. The molecule has 78 valence electrons. The van der Waals surface area contributed by atoms with Crippen LogP contribution in [0.3, 0.4) is 0 Å². The fraction of sp³-hybridized carbons (Fsp3) is 0.455. The van der Waals surface area contributed by atoms with Crippen LogP contribution < -0.4 is 5.73 Å². The van der Waals surface area contributed by atoms with Gasteiger partial charge in [0.05, 0.1) is 0 Å². The lowest BCUT2D eigenvalue weighted by atomic mass is 9.82. The molecule has 0 aliphatic carbocycles. The molecule has 0 saturated carbocycles. The number of aliphatic hydroxyl groups is 1. The molecule has 0 amide bonds. The van der Waals surface area contributed by atoms with Crippen molar-refractivity contribution in [3.63, 3.8) is 0 Å². The Morgan fingerprint density at radius 3 is 2.29 bits per heavy atom. The zero-order chi connectivity index (χ0) is 10.8. The monoisotopic (exact) mass is 305 g/mol. The number of hydrogen-bond acceptors (Lipinski definition) is 2. The number of halogens is 1. The second-order valence-corrected chi connectivity index (χ2v) is 5.42. The molecule has 14 heavy (non-hydrogen) atoms. The molecule has 0 aliphatic heterocycles. The normalized spacial score (nSPS) is 14.1. The van der Waals surface area contributed by atoms with Gasteiger partial charge in [-0.3, -0.25) is 0 Å². The Bertz CT molecular complexity index is 295. The summed E-state index contributed by atoms with van der Waals surface area (Å²) in [6.07, 6.45) is 0. The van der Waals surface area contributed by atoms with Gasteiger partial charge in [0, 0.05) is 21.6 Å². The average molecular weight is 305 g/mol. The standard InChI is InChI=1S/C11H16INO/c1-11(2,7-14)10(13)8-3-5-9(12)6-4-8/h3-6,10,14H,7,13H2,1-2H3/t10-/m0/s1. The van der Waals surface area contributed by atoms with Crippen LogP contribution in [0.15, 0.2) is 24.3 Å². The molecular weight excluding hydrogens is 289 g/mol. The molecule has 1 aromatic rings. The molecular formula is C11H16INO. The van der Waals surface area contributed by atoms with E-state index >= 15 is 0 Å². The van der Waals surface area contributed by atoms with Gasteiger partial charge >= 0.3 is 0 Å². The summed E-state index contributed by atoms with van der Waals surface area (Å²) in [6, 6.07) is 7.98. The summed E-state index contributed by atoms with van der Waals surface area (Å²) >= 11 is 2.26. The number of aliphatic hydroxyl groups excluding tert-OH is 1. The van der Waals surface area contributed by atoms with Crippen molar-refractivity contribution in [3.8, 4) is 0 Å². The van der Waals surface area contributed by atoms with E-state index in [1.165, 1.54) is 3.57 Å². The Kier molecular flexibility index (Phi) is 3.92. The molecule has 0 bridgehead atoms. The highest BCUT2D eigenvalue weighted by Crippen LogP contribution is 2.30. The van der Waals surface area contributed by atoms with Crippen LogP contribution in [0, 0.1) is 8.99 Å². The van der Waals surface area contributed by atoms with Gasteiger partial charge in [-0.1, -0.05) is 26.0 Å². The molecule has 0 fully saturated rings. The molecule has 3 N–H and O–H groups in total. The molecule has 1 rings (SSSR count). The highest BCUT2D eigenvalue weighted by Gasteiger charge is 2.26. The fourth-order valence-electron chi connectivity index (χ4n) is 1.22. The fourth-order valence-corrected chi connectivity index (χ4v) is 1.58. The number of benzene rings is 1. The molecule has 1 aromatic carbocycles. The van der Waals surface area contributed by atoms with Crippen molar-refractivity contribution in [1.82, 2.24) is 0 Å². The highest BCUT2D eigenvalue weighted by molar-refractivity contribution is 14.1. The van der Waals surface area contributed by atoms with Crippen LogP contribution in [0.25, 0.3) is 0 Å². The van der Waals surface area contributed by atoms with Crippen molar-refractivity contribution in [2.45, 2.75) is 19.9 Å². The van der Waals surface area contributed by atoms with Crippen LogP contribution in [-0.2, 0) is 0 Å². The lowest BCUT2D eigenvalue weighted by Crippen LogP contribution is -2.32. The Hall–Kier alpha value is -0.130. The van der Waals surface area contributed by atoms with E-state index in [-0.39, 0.29) is 18.1 Å². The minimum Gasteiger partial charge on any atom is -0.396 e. The van der Waals surface area contributed by atoms with Gasteiger partial charge in [0.2, 0.25) is 0 Å². The number of hydrogen-bond donors (Lipinski definition) is 2. The van der Waals surface area contributed by atoms with Crippen LogP contribution in [-0.4, -0.2) is 11.7 Å². The third-order valence-electron chi connectivity index (χ3n) is 2.48. The first-order chi connectivity index (χ1) is 6.47. The molecule has 2 nitrogen and oxygen atoms in total.